The summed E-state index contributed by atoms with van der Waals surface area (Å²) in [4.78, 5) is 4.79. The highest BCUT2D eigenvalue weighted by Gasteiger charge is 2.19. The third kappa shape index (κ3) is 3.02. The van der Waals surface area contributed by atoms with E-state index in [2.05, 4.69) is 25.2 Å². The molecule has 3 aromatic rings. The minimum Gasteiger partial charge on any atom is -0.379 e. The zero-order chi connectivity index (χ0) is 18.1. The zero-order valence-electron chi connectivity index (χ0n) is 14.9. The van der Waals surface area contributed by atoms with Crippen LogP contribution in [0.2, 0.25) is 0 Å². The van der Waals surface area contributed by atoms with Gasteiger partial charge in [-0.2, -0.15) is 10.4 Å². The molecule has 1 saturated heterocycles. The van der Waals surface area contributed by atoms with Gasteiger partial charge in [0.2, 0.25) is 0 Å². The van der Waals surface area contributed by atoms with E-state index in [1.54, 1.807) is 0 Å². The first-order chi connectivity index (χ1) is 12.7. The summed E-state index contributed by atoms with van der Waals surface area (Å²) in [6.07, 6.45) is 2.94. The second kappa shape index (κ2) is 6.77. The van der Waals surface area contributed by atoms with Crippen molar-refractivity contribution in [3.8, 4) is 17.3 Å². The number of hydrogen-bond donors (Lipinski definition) is 1. The van der Waals surface area contributed by atoms with Crippen molar-refractivity contribution in [2.75, 3.05) is 18.5 Å². The Morgan fingerprint density at radius 1 is 1.35 bits per heavy atom. The fourth-order valence-electron chi connectivity index (χ4n) is 3.21. The standard InChI is InChI=1S/C20H21N5O/c1-13(2)25-11-19-20(24-25)18(22-15-7-8-26-12-15)9-17(23-19)16-6-4-3-5-14(16)10-21/h3-6,9,11,13,15,22H,7-8,12H2,1-2H3/t15-/m1/s1. The molecule has 4 rings (SSSR count). The van der Waals surface area contributed by atoms with Gasteiger partial charge in [-0.3, -0.25) is 4.68 Å². The first-order valence-electron chi connectivity index (χ1n) is 8.89. The third-order valence-electron chi connectivity index (χ3n) is 4.63. The van der Waals surface area contributed by atoms with Crippen LogP contribution in [0, 0.1) is 11.3 Å². The molecule has 3 heterocycles. The van der Waals surface area contributed by atoms with Gasteiger partial charge in [0, 0.05) is 18.2 Å². The van der Waals surface area contributed by atoms with Crippen molar-refractivity contribution in [3.05, 3.63) is 42.1 Å². The number of fused-ring (bicyclic) bond motifs is 1. The van der Waals surface area contributed by atoms with Gasteiger partial charge in [0.25, 0.3) is 0 Å². The molecule has 0 spiro atoms. The van der Waals surface area contributed by atoms with Crippen molar-refractivity contribution in [3.63, 3.8) is 0 Å². The number of nitrogens with one attached hydrogen (secondary N) is 1. The molecule has 1 aliphatic rings. The van der Waals surface area contributed by atoms with Crippen molar-refractivity contribution < 1.29 is 4.74 Å². The zero-order valence-corrected chi connectivity index (χ0v) is 14.9. The molecule has 132 valence electrons. The molecule has 0 amide bonds. The van der Waals surface area contributed by atoms with E-state index in [9.17, 15) is 5.26 Å². The van der Waals surface area contributed by atoms with Crippen LogP contribution in [0.3, 0.4) is 0 Å². The van der Waals surface area contributed by atoms with Crippen LogP contribution < -0.4 is 5.32 Å². The molecule has 26 heavy (non-hydrogen) atoms. The van der Waals surface area contributed by atoms with Crippen molar-refractivity contribution in [1.29, 1.82) is 5.26 Å². The molecule has 0 bridgehead atoms. The summed E-state index contributed by atoms with van der Waals surface area (Å²) in [5, 5.41) is 17.7. The van der Waals surface area contributed by atoms with Gasteiger partial charge in [0.1, 0.15) is 11.0 Å². The lowest BCUT2D eigenvalue weighted by Crippen LogP contribution is -2.19. The second-order valence-electron chi connectivity index (χ2n) is 6.85. The van der Waals surface area contributed by atoms with Crippen LogP contribution in [-0.4, -0.2) is 34.0 Å². The molecule has 1 N–H and O–H groups in total. The number of aromatic nitrogens is 3. The minimum atomic E-state index is 0.252. The Hall–Kier alpha value is -2.91. The van der Waals surface area contributed by atoms with Crippen LogP contribution in [0.25, 0.3) is 22.3 Å². The van der Waals surface area contributed by atoms with Gasteiger partial charge < -0.3 is 10.1 Å². The van der Waals surface area contributed by atoms with Crippen molar-refractivity contribution in [2.24, 2.45) is 0 Å². The van der Waals surface area contributed by atoms with Gasteiger partial charge >= 0.3 is 0 Å². The largest absolute Gasteiger partial charge is 0.379 e. The highest BCUT2D eigenvalue weighted by atomic mass is 16.5. The quantitative estimate of drug-likeness (QED) is 0.778. The van der Waals surface area contributed by atoms with Crippen molar-refractivity contribution in [2.45, 2.75) is 32.4 Å². The number of pyridine rings is 1. The molecular formula is C20H21N5O. The fourth-order valence-corrected chi connectivity index (χ4v) is 3.21. The van der Waals surface area contributed by atoms with Crippen LogP contribution in [-0.2, 0) is 4.74 Å². The molecule has 0 radical (unpaired) electrons. The van der Waals surface area contributed by atoms with E-state index in [4.69, 9.17) is 14.8 Å². The average Bonchev–Trinajstić information content (AvgIpc) is 3.31. The summed E-state index contributed by atoms with van der Waals surface area (Å²) in [6, 6.07) is 12.3. The molecule has 2 aromatic heterocycles. The Morgan fingerprint density at radius 2 is 2.19 bits per heavy atom. The topological polar surface area (TPSA) is 75.8 Å². The maximum atomic E-state index is 9.44. The smallest absolute Gasteiger partial charge is 0.134 e. The predicted octanol–water partition coefficient (Wildman–Crippen LogP) is 3.75. The second-order valence-corrected chi connectivity index (χ2v) is 6.85. The van der Waals surface area contributed by atoms with Crippen molar-refractivity contribution in [1.82, 2.24) is 14.8 Å². The van der Waals surface area contributed by atoms with E-state index in [0.717, 1.165) is 41.0 Å². The number of ether oxygens (including phenoxy) is 1. The van der Waals surface area contributed by atoms with E-state index in [1.807, 2.05) is 41.2 Å². The third-order valence-corrected chi connectivity index (χ3v) is 4.63. The molecule has 1 aromatic carbocycles. The summed E-state index contributed by atoms with van der Waals surface area (Å²) >= 11 is 0. The highest BCUT2D eigenvalue weighted by Crippen LogP contribution is 2.30. The lowest BCUT2D eigenvalue weighted by Gasteiger charge is -2.14. The summed E-state index contributed by atoms with van der Waals surface area (Å²) < 4.78 is 7.41. The van der Waals surface area contributed by atoms with E-state index in [-0.39, 0.29) is 12.1 Å². The Labute approximate surface area is 152 Å². The number of rotatable bonds is 4. The summed E-state index contributed by atoms with van der Waals surface area (Å²) in [6.45, 7) is 5.65. The normalized spacial score (nSPS) is 16.9. The molecule has 1 aliphatic heterocycles. The average molecular weight is 347 g/mol. The van der Waals surface area contributed by atoms with Crippen LogP contribution in [0.15, 0.2) is 36.5 Å². The van der Waals surface area contributed by atoms with Crippen LogP contribution in [0.5, 0.6) is 0 Å². The first-order valence-corrected chi connectivity index (χ1v) is 8.89. The summed E-state index contributed by atoms with van der Waals surface area (Å²) in [5.41, 5.74) is 4.84. The van der Waals surface area contributed by atoms with Gasteiger partial charge in [-0.1, -0.05) is 18.2 Å². The monoisotopic (exact) mass is 347 g/mol. The van der Waals surface area contributed by atoms with E-state index >= 15 is 0 Å². The minimum absolute atomic E-state index is 0.252. The predicted molar refractivity (Wildman–Crippen MR) is 101 cm³/mol. The number of benzene rings is 1. The van der Waals surface area contributed by atoms with Gasteiger partial charge in [-0.15, -0.1) is 0 Å². The maximum absolute atomic E-state index is 9.44. The first kappa shape index (κ1) is 16.6. The maximum Gasteiger partial charge on any atom is 0.134 e. The van der Waals surface area contributed by atoms with Gasteiger partial charge in [0.05, 0.1) is 41.9 Å². The van der Waals surface area contributed by atoms with Gasteiger partial charge in [-0.05, 0) is 32.4 Å². The fraction of sp³-hybridized carbons (Fsp3) is 0.350. The van der Waals surface area contributed by atoms with E-state index in [1.165, 1.54) is 0 Å². The molecule has 1 atom stereocenters. The lowest BCUT2D eigenvalue weighted by atomic mass is 10.0. The number of hydrogen-bond acceptors (Lipinski definition) is 5. The SMILES string of the molecule is CC(C)n1cc2nc(-c3ccccc3C#N)cc(N[C@@H]3CCOC3)c2n1. The van der Waals surface area contributed by atoms with E-state index < -0.39 is 0 Å². The number of anilines is 1. The van der Waals surface area contributed by atoms with Crippen LogP contribution in [0.4, 0.5) is 5.69 Å². The molecule has 6 nitrogen and oxygen atoms in total. The van der Waals surface area contributed by atoms with Crippen LogP contribution >= 0.6 is 0 Å². The van der Waals surface area contributed by atoms with E-state index in [0.29, 0.717) is 12.2 Å². The Bertz CT molecular complexity index is 980. The highest BCUT2D eigenvalue weighted by molar-refractivity contribution is 5.91. The molecule has 6 heteroatoms. The summed E-state index contributed by atoms with van der Waals surface area (Å²) in [5.74, 6) is 0. The number of nitriles is 1. The molecular weight excluding hydrogens is 326 g/mol. The van der Waals surface area contributed by atoms with Crippen molar-refractivity contribution >= 4 is 16.7 Å². The molecule has 0 unspecified atom stereocenters. The van der Waals surface area contributed by atoms with Gasteiger partial charge in [0.15, 0.2) is 0 Å². The van der Waals surface area contributed by atoms with Gasteiger partial charge in [-0.25, -0.2) is 4.98 Å². The molecule has 1 fully saturated rings. The molecule has 0 saturated carbocycles. The molecule has 0 aliphatic carbocycles. The number of nitrogens with zero attached hydrogens (tertiary/aromatic N) is 4. The Morgan fingerprint density at radius 3 is 2.92 bits per heavy atom. The lowest BCUT2D eigenvalue weighted by molar-refractivity contribution is 0.195. The Balaban J connectivity index is 1.87. The van der Waals surface area contributed by atoms with Crippen LogP contribution in [0.1, 0.15) is 31.9 Å². The Kier molecular flexibility index (Phi) is 4.31. The summed E-state index contributed by atoms with van der Waals surface area (Å²) in [7, 11) is 0.